The van der Waals surface area contributed by atoms with E-state index in [9.17, 15) is 14.4 Å². The molecule has 2 aromatic carbocycles. The zero-order valence-electron chi connectivity index (χ0n) is 26.3. The zero-order valence-corrected chi connectivity index (χ0v) is 26.3. The van der Waals surface area contributed by atoms with Crippen LogP contribution in [0.2, 0.25) is 0 Å². The standard InChI is InChI=1S/C34H40N8O4/c1-34(2,3)46-33(45)36-21-23-6-10-27(11-7-23)31(43)38-29(20-22-4-8-24(9-5-22)25-16-18-35-19-17-25)32(44)37-28-14-12-26(13-15-28)30-39-41-42-40-30/h4-5,8-9,12-19,23,27,29H,6-7,10-11,20-21H2,1-3H3,(H,36,45)(H,37,44)(H,38,43)(H,39,40,41,42)/t23?,27?,29-/m0/s1. The number of hydrogen-bond acceptors (Lipinski definition) is 8. The minimum absolute atomic E-state index is 0.139. The summed E-state index contributed by atoms with van der Waals surface area (Å²) in [5.41, 5.74) is 3.79. The molecule has 12 heteroatoms. The number of rotatable bonds is 10. The highest BCUT2D eigenvalue weighted by atomic mass is 16.6. The van der Waals surface area contributed by atoms with Crippen LogP contribution in [0, 0.1) is 11.8 Å². The number of H-pyrrole nitrogens is 1. The summed E-state index contributed by atoms with van der Waals surface area (Å²) in [5, 5.41) is 22.8. The first-order valence-corrected chi connectivity index (χ1v) is 15.5. The second-order valence-corrected chi connectivity index (χ2v) is 12.6. The van der Waals surface area contributed by atoms with Gasteiger partial charge in [0, 0.05) is 42.5 Å². The monoisotopic (exact) mass is 624 g/mol. The quantitative estimate of drug-likeness (QED) is 0.193. The number of amides is 3. The maximum absolute atomic E-state index is 13.6. The summed E-state index contributed by atoms with van der Waals surface area (Å²) in [6.07, 6.45) is 6.35. The number of nitrogens with zero attached hydrogens (tertiary/aromatic N) is 4. The number of pyridine rings is 1. The summed E-state index contributed by atoms with van der Waals surface area (Å²) in [5.74, 6) is 0.0589. The number of aromatic amines is 1. The molecule has 1 fully saturated rings. The van der Waals surface area contributed by atoms with Crippen molar-refractivity contribution in [1.82, 2.24) is 36.2 Å². The molecule has 2 heterocycles. The topological polar surface area (TPSA) is 164 Å². The normalized spacial score (nSPS) is 17.0. The second-order valence-electron chi connectivity index (χ2n) is 12.6. The van der Waals surface area contributed by atoms with E-state index >= 15 is 0 Å². The van der Waals surface area contributed by atoms with Gasteiger partial charge in [-0.15, -0.1) is 10.2 Å². The van der Waals surface area contributed by atoms with Crippen molar-refractivity contribution in [2.75, 3.05) is 11.9 Å². The van der Waals surface area contributed by atoms with Gasteiger partial charge in [-0.3, -0.25) is 14.6 Å². The largest absolute Gasteiger partial charge is 0.444 e. The highest BCUT2D eigenvalue weighted by Gasteiger charge is 2.30. The van der Waals surface area contributed by atoms with Crippen LogP contribution < -0.4 is 16.0 Å². The van der Waals surface area contributed by atoms with Crippen LogP contribution in [0.1, 0.15) is 52.0 Å². The Labute approximate surface area is 268 Å². The molecule has 1 atom stereocenters. The van der Waals surface area contributed by atoms with Crippen LogP contribution in [0.25, 0.3) is 22.5 Å². The number of hydrogen-bond donors (Lipinski definition) is 4. The molecule has 2 aromatic heterocycles. The number of nitrogens with one attached hydrogen (secondary N) is 4. The number of ether oxygens (including phenoxy) is 1. The van der Waals surface area contributed by atoms with Crippen LogP contribution in [-0.4, -0.2) is 61.7 Å². The van der Waals surface area contributed by atoms with Gasteiger partial charge in [0.05, 0.1) is 0 Å². The Kier molecular flexibility index (Phi) is 10.4. The van der Waals surface area contributed by atoms with Crippen molar-refractivity contribution in [2.24, 2.45) is 11.8 Å². The van der Waals surface area contributed by atoms with Crippen molar-refractivity contribution in [1.29, 1.82) is 0 Å². The molecule has 1 aliphatic carbocycles. The van der Waals surface area contributed by atoms with Crippen molar-refractivity contribution >= 4 is 23.6 Å². The highest BCUT2D eigenvalue weighted by molar-refractivity contribution is 5.97. The van der Waals surface area contributed by atoms with Gasteiger partial charge in [-0.1, -0.05) is 24.3 Å². The molecule has 0 spiro atoms. The lowest BCUT2D eigenvalue weighted by Crippen LogP contribution is -2.48. The minimum atomic E-state index is -0.789. The third-order valence-electron chi connectivity index (χ3n) is 7.95. The molecule has 0 saturated heterocycles. The number of carbonyl (C=O) groups is 3. The van der Waals surface area contributed by atoms with Gasteiger partial charge in [0.1, 0.15) is 11.6 Å². The van der Waals surface area contributed by atoms with Crippen LogP contribution in [0.4, 0.5) is 10.5 Å². The summed E-state index contributed by atoms with van der Waals surface area (Å²) in [6, 6.07) is 18.2. The number of benzene rings is 2. The van der Waals surface area contributed by atoms with Crippen molar-refractivity contribution < 1.29 is 19.1 Å². The molecular formula is C34H40N8O4. The lowest BCUT2D eigenvalue weighted by atomic mass is 9.81. The Balaban J connectivity index is 1.22. The Bertz CT molecular complexity index is 1580. The van der Waals surface area contributed by atoms with Crippen molar-refractivity contribution in [3.05, 3.63) is 78.6 Å². The predicted molar refractivity (Wildman–Crippen MR) is 173 cm³/mol. The molecule has 12 nitrogen and oxygen atoms in total. The average Bonchev–Trinajstić information content (AvgIpc) is 3.59. The first-order valence-electron chi connectivity index (χ1n) is 15.5. The third kappa shape index (κ3) is 9.19. The van der Waals surface area contributed by atoms with Crippen LogP contribution in [0.3, 0.4) is 0 Å². The van der Waals surface area contributed by atoms with Gasteiger partial charge >= 0.3 is 6.09 Å². The Hall–Kier alpha value is -5.13. The fourth-order valence-corrected chi connectivity index (χ4v) is 5.50. The first kappa shape index (κ1) is 32.3. The third-order valence-corrected chi connectivity index (χ3v) is 7.95. The molecule has 1 saturated carbocycles. The maximum atomic E-state index is 13.6. The minimum Gasteiger partial charge on any atom is -0.444 e. The predicted octanol–water partition coefficient (Wildman–Crippen LogP) is 4.93. The summed E-state index contributed by atoms with van der Waals surface area (Å²) in [7, 11) is 0. The van der Waals surface area contributed by atoms with Gasteiger partial charge < -0.3 is 20.7 Å². The number of carbonyl (C=O) groups excluding carboxylic acids is 3. The summed E-state index contributed by atoms with van der Waals surface area (Å²) in [4.78, 5) is 43.2. The average molecular weight is 625 g/mol. The molecule has 5 rings (SSSR count). The lowest BCUT2D eigenvalue weighted by molar-refractivity contribution is -0.130. The van der Waals surface area contributed by atoms with Gasteiger partial charge in [0.2, 0.25) is 17.6 Å². The van der Waals surface area contributed by atoms with Gasteiger partial charge in [-0.05, 0) is 111 Å². The van der Waals surface area contributed by atoms with E-state index in [0.29, 0.717) is 37.3 Å². The molecule has 0 radical (unpaired) electrons. The van der Waals surface area contributed by atoms with Crippen LogP contribution in [0.15, 0.2) is 73.1 Å². The molecule has 0 aliphatic heterocycles. The Morgan fingerprint density at radius 1 is 0.891 bits per heavy atom. The summed E-state index contributed by atoms with van der Waals surface area (Å²) in [6.45, 7) is 6.00. The number of aromatic nitrogens is 5. The van der Waals surface area contributed by atoms with Gasteiger partial charge in [-0.25, -0.2) is 4.79 Å². The van der Waals surface area contributed by atoms with Crippen molar-refractivity contribution in [3.63, 3.8) is 0 Å². The van der Waals surface area contributed by atoms with Crippen molar-refractivity contribution in [3.8, 4) is 22.5 Å². The molecule has 46 heavy (non-hydrogen) atoms. The highest BCUT2D eigenvalue weighted by Crippen LogP contribution is 2.29. The fourth-order valence-electron chi connectivity index (χ4n) is 5.50. The van der Waals surface area contributed by atoms with E-state index in [1.165, 1.54) is 0 Å². The van der Waals surface area contributed by atoms with E-state index in [2.05, 4.69) is 41.6 Å². The maximum Gasteiger partial charge on any atom is 0.407 e. The van der Waals surface area contributed by atoms with E-state index in [0.717, 1.165) is 35.1 Å². The molecule has 0 unspecified atom stereocenters. The van der Waals surface area contributed by atoms with E-state index in [1.807, 2.05) is 57.2 Å². The Morgan fingerprint density at radius 3 is 2.17 bits per heavy atom. The van der Waals surface area contributed by atoms with Gasteiger partial charge in [-0.2, -0.15) is 5.21 Å². The molecule has 1 aliphatic rings. The van der Waals surface area contributed by atoms with E-state index < -0.39 is 17.7 Å². The summed E-state index contributed by atoms with van der Waals surface area (Å²) >= 11 is 0. The molecule has 0 bridgehead atoms. The molecule has 4 N–H and O–H groups in total. The molecule has 3 amide bonds. The first-order chi connectivity index (χ1) is 22.1. The number of anilines is 1. The zero-order chi connectivity index (χ0) is 32.5. The lowest BCUT2D eigenvalue weighted by Gasteiger charge is -2.29. The summed E-state index contributed by atoms with van der Waals surface area (Å²) < 4.78 is 5.33. The van der Waals surface area contributed by atoms with E-state index in [4.69, 9.17) is 4.74 Å². The van der Waals surface area contributed by atoms with Crippen LogP contribution in [-0.2, 0) is 20.7 Å². The molecule has 240 valence electrons. The second kappa shape index (κ2) is 14.8. The number of alkyl carbamates (subject to hydrolysis) is 1. The van der Waals surface area contributed by atoms with Crippen LogP contribution >= 0.6 is 0 Å². The van der Waals surface area contributed by atoms with Crippen molar-refractivity contribution in [2.45, 2.75) is 64.5 Å². The molecule has 4 aromatic rings. The SMILES string of the molecule is CC(C)(C)OC(=O)NCC1CCC(C(=O)N[C@@H](Cc2ccc(-c3ccncc3)cc2)C(=O)Nc2ccc(-c3nn[nH]n3)cc2)CC1. The van der Waals surface area contributed by atoms with Gasteiger partial charge in [0.15, 0.2) is 0 Å². The smallest absolute Gasteiger partial charge is 0.407 e. The van der Waals surface area contributed by atoms with Crippen LogP contribution in [0.5, 0.6) is 0 Å². The van der Waals surface area contributed by atoms with E-state index in [1.54, 1.807) is 36.7 Å². The Morgan fingerprint density at radius 2 is 1.54 bits per heavy atom. The van der Waals surface area contributed by atoms with Gasteiger partial charge in [0.25, 0.3) is 0 Å². The fraction of sp³-hybridized carbons (Fsp3) is 0.382. The van der Waals surface area contributed by atoms with E-state index in [-0.39, 0.29) is 23.7 Å². The number of tetrazole rings is 1. The molecular weight excluding hydrogens is 584 g/mol.